The quantitative estimate of drug-likeness (QED) is 0.913. The molecule has 2 aromatic rings. The number of oxazole rings is 1. The minimum absolute atomic E-state index is 0.713. The number of nitrogens with one attached hydrogen (secondary N) is 1. The van der Waals surface area contributed by atoms with Crippen LogP contribution in [0.5, 0.6) is 0 Å². The summed E-state index contributed by atoms with van der Waals surface area (Å²) >= 11 is 0. The number of aromatic nitrogens is 1. The van der Waals surface area contributed by atoms with E-state index in [1.807, 2.05) is 0 Å². The van der Waals surface area contributed by atoms with E-state index in [9.17, 15) is 0 Å². The molecule has 0 unspecified atom stereocenters. The zero-order valence-electron chi connectivity index (χ0n) is 11.2. The Morgan fingerprint density at radius 1 is 1.21 bits per heavy atom. The normalized spacial score (nSPS) is 16.7. The van der Waals surface area contributed by atoms with Crippen molar-refractivity contribution in [2.75, 3.05) is 26.2 Å². The summed E-state index contributed by atoms with van der Waals surface area (Å²) in [5.41, 5.74) is 3.30. The second-order valence-corrected chi connectivity index (χ2v) is 5.04. The maximum Gasteiger partial charge on any atom is 0.226 e. The van der Waals surface area contributed by atoms with Crippen molar-refractivity contribution in [1.82, 2.24) is 15.2 Å². The first-order chi connectivity index (χ1) is 9.31. The number of benzene rings is 1. The molecule has 0 saturated carbocycles. The highest BCUT2D eigenvalue weighted by Crippen LogP contribution is 2.19. The van der Waals surface area contributed by atoms with Crippen molar-refractivity contribution >= 4 is 0 Å². The number of hydrogen-bond acceptors (Lipinski definition) is 4. The van der Waals surface area contributed by atoms with Gasteiger partial charge in [-0.05, 0) is 19.1 Å². The molecular formula is C15H19N3O. The molecular weight excluding hydrogens is 238 g/mol. The lowest BCUT2D eigenvalue weighted by Crippen LogP contribution is -2.42. The molecule has 0 aliphatic carbocycles. The van der Waals surface area contributed by atoms with Crippen LogP contribution < -0.4 is 5.32 Å². The summed E-state index contributed by atoms with van der Waals surface area (Å²) < 4.78 is 5.58. The summed E-state index contributed by atoms with van der Waals surface area (Å²) in [6, 6.07) is 8.26. The minimum Gasteiger partial charge on any atom is -0.444 e. The van der Waals surface area contributed by atoms with Gasteiger partial charge in [-0.3, -0.25) is 4.90 Å². The fraction of sp³-hybridized carbons (Fsp3) is 0.400. The Morgan fingerprint density at radius 2 is 1.95 bits per heavy atom. The van der Waals surface area contributed by atoms with Crippen LogP contribution in [0.4, 0.5) is 0 Å². The number of piperazine rings is 1. The average Bonchev–Trinajstić information content (AvgIpc) is 2.89. The van der Waals surface area contributed by atoms with Crippen molar-refractivity contribution in [3.05, 3.63) is 41.8 Å². The maximum absolute atomic E-state index is 5.58. The van der Waals surface area contributed by atoms with Crippen LogP contribution in [0, 0.1) is 6.92 Å². The van der Waals surface area contributed by atoms with Crippen molar-refractivity contribution < 1.29 is 4.42 Å². The first-order valence-corrected chi connectivity index (χ1v) is 6.76. The summed E-state index contributed by atoms with van der Waals surface area (Å²) in [7, 11) is 0. The Labute approximate surface area is 113 Å². The molecule has 1 fully saturated rings. The fourth-order valence-electron chi connectivity index (χ4n) is 2.31. The van der Waals surface area contributed by atoms with Gasteiger partial charge >= 0.3 is 0 Å². The van der Waals surface area contributed by atoms with Crippen LogP contribution in [0.1, 0.15) is 11.3 Å². The molecule has 19 heavy (non-hydrogen) atoms. The first kappa shape index (κ1) is 12.4. The Hall–Kier alpha value is -1.65. The van der Waals surface area contributed by atoms with Crippen LogP contribution in [0.3, 0.4) is 0 Å². The average molecular weight is 257 g/mol. The van der Waals surface area contributed by atoms with Gasteiger partial charge in [-0.2, -0.15) is 0 Å². The molecule has 0 amide bonds. The summed E-state index contributed by atoms with van der Waals surface area (Å²) in [4.78, 5) is 6.97. The van der Waals surface area contributed by atoms with Crippen LogP contribution in [0.25, 0.3) is 11.5 Å². The monoisotopic (exact) mass is 257 g/mol. The van der Waals surface area contributed by atoms with Gasteiger partial charge in [0, 0.05) is 38.3 Å². The van der Waals surface area contributed by atoms with E-state index < -0.39 is 0 Å². The van der Waals surface area contributed by atoms with Gasteiger partial charge in [-0.1, -0.05) is 17.7 Å². The molecule has 4 nitrogen and oxygen atoms in total. The number of rotatable bonds is 3. The molecule has 0 bridgehead atoms. The summed E-state index contributed by atoms with van der Waals surface area (Å²) in [5.74, 6) is 0.713. The molecule has 0 spiro atoms. The van der Waals surface area contributed by atoms with E-state index in [1.165, 1.54) is 5.56 Å². The second-order valence-electron chi connectivity index (χ2n) is 5.04. The molecule has 1 aliphatic heterocycles. The van der Waals surface area contributed by atoms with Gasteiger partial charge in [0.25, 0.3) is 0 Å². The van der Waals surface area contributed by atoms with E-state index >= 15 is 0 Å². The largest absolute Gasteiger partial charge is 0.444 e. The Bertz CT molecular complexity index is 527. The highest BCUT2D eigenvalue weighted by atomic mass is 16.3. The maximum atomic E-state index is 5.58. The van der Waals surface area contributed by atoms with Crippen molar-refractivity contribution in [3.8, 4) is 11.5 Å². The van der Waals surface area contributed by atoms with Gasteiger partial charge < -0.3 is 9.73 Å². The standard InChI is InChI=1S/C15H19N3O/c1-12-2-4-13(5-3-12)15-17-14(11-19-15)10-18-8-6-16-7-9-18/h2-5,11,16H,6-10H2,1H3. The lowest BCUT2D eigenvalue weighted by Gasteiger charge is -2.25. The molecule has 0 radical (unpaired) electrons. The zero-order valence-corrected chi connectivity index (χ0v) is 11.2. The molecule has 1 aliphatic rings. The smallest absolute Gasteiger partial charge is 0.226 e. The highest BCUT2D eigenvalue weighted by Gasteiger charge is 2.13. The molecule has 4 heteroatoms. The molecule has 3 rings (SSSR count). The van der Waals surface area contributed by atoms with Crippen molar-refractivity contribution in [2.45, 2.75) is 13.5 Å². The van der Waals surface area contributed by atoms with E-state index in [0.29, 0.717) is 5.89 Å². The zero-order chi connectivity index (χ0) is 13.1. The number of aryl methyl sites for hydroxylation is 1. The minimum atomic E-state index is 0.713. The number of hydrogen-bond donors (Lipinski definition) is 1. The van der Waals surface area contributed by atoms with E-state index in [2.05, 4.69) is 46.4 Å². The molecule has 0 atom stereocenters. The van der Waals surface area contributed by atoms with Gasteiger partial charge in [-0.15, -0.1) is 0 Å². The molecule has 1 aromatic carbocycles. The first-order valence-electron chi connectivity index (χ1n) is 6.76. The predicted octanol–water partition coefficient (Wildman–Crippen LogP) is 2.06. The van der Waals surface area contributed by atoms with E-state index in [0.717, 1.165) is 44.0 Å². The van der Waals surface area contributed by atoms with E-state index in [-0.39, 0.29) is 0 Å². The van der Waals surface area contributed by atoms with Gasteiger partial charge in [-0.25, -0.2) is 4.98 Å². The van der Waals surface area contributed by atoms with Crippen molar-refractivity contribution in [1.29, 1.82) is 0 Å². The van der Waals surface area contributed by atoms with Crippen LogP contribution in [0.15, 0.2) is 34.9 Å². The van der Waals surface area contributed by atoms with Crippen LogP contribution >= 0.6 is 0 Å². The summed E-state index contributed by atoms with van der Waals surface area (Å²) in [6.45, 7) is 7.22. The Kier molecular flexibility index (Phi) is 3.62. The Morgan fingerprint density at radius 3 is 2.68 bits per heavy atom. The van der Waals surface area contributed by atoms with Crippen LogP contribution in [0.2, 0.25) is 0 Å². The third kappa shape index (κ3) is 3.03. The second kappa shape index (κ2) is 5.55. The van der Waals surface area contributed by atoms with Gasteiger partial charge in [0.1, 0.15) is 6.26 Å². The summed E-state index contributed by atoms with van der Waals surface area (Å²) in [5, 5.41) is 3.35. The summed E-state index contributed by atoms with van der Waals surface area (Å²) in [6.07, 6.45) is 1.78. The van der Waals surface area contributed by atoms with Crippen molar-refractivity contribution in [2.24, 2.45) is 0 Å². The van der Waals surface area contributed by atoms with Crippen molar-refractivity contribution in [3.63, 3.8) is 0 Å². The van der Waals surface area contributed by atoms with Gasteiger partial charge in [0.2, 0.25) is 5.89 Å². The van der Waals surface area contributed by atoms with Gasteiger partial charge in [0.05, 0.1) is 5.69 Å². The molecule has 1 saturated heterocycles. The lowest BCUT2D eigenvalue weighted by molar-refractivity contribution is 0.230. The highest BCUT2D eigenvalue weighted by molar-refractivity contribution is 5.53. The molecule has 1 aromatic heterocycles. The van der Waals surface area contributed by atoms with Crippen LogP contribution in [-0.4, -0.2) is 36.1 Å². The number of nitrogens with zero attached hydrogens (tertiary/aromatic N) is 2. The van der Waals surface area contributed by atoms with Crippen LogP contribution in [-0.2, 0) is 6.54 Å². The SMILES string of the molecule is Cc1ccc(-c2nc(CN3CCNCC3)co2)cc1. The van der Waals surface area contributed by atoms with E-state index in [1.54, 1.807) is 6.26 Å². The third-order valence-electron chi connectivity index (χ3n) is 3.45. The third-order valence-corrected chi connectivity index (χ3v) is 3.45. The predicted molar refractivity (Wildman–Crippen MR) is 74.8 cm³/mol. The van der Waals surface area contributed by atoms with Gasteiger partial charge in [0.15, 0.2) is 0 Å². The fourth-order valence-corrected chi connectivity index (χ4v) is 2.31. The lowest BCUT2D eigenvalue weighted by atomic mass is 10.1. The molecule has 100 valence electrons. The Balaban J connectivity index is 1.70. The molecule has 1 N–H and O–H groups in total. The topological polar surface area (TPSA) is 41.3 Å². The van der Waals surface area contributed by atoms with E-state index in [4.69, 9.17) is 4.42 Å². The molecule has 2 heterocycles.